The van der Waals surface area contributed by atoms with Gasteiger partial charge in [0.25, 0.3) is 0 Å². The molecule has 5 rings (SSSR count). The van der Waals surface area contributed by atoms with Crippen LogP contribution in [0.1, 0.15) is 68.1 Å². The summed E-state index contributed by atoms with van der Waals surface area (Å²) in [5.41, 5.74) is 7.58. The van der Waals surface area contributed by atoms with Crippen molar-refractivity contribution in [2.75, 3.05) is 6.54 Å². The zero-order valence-electron chi connectivity index (χ0n) is 15.9. The van der Waals surface area contributed by atoms with Gasteiger partial charge in [-0.2, -0.15) is 4.98 Å². The van der Waals surface area contributed by atoms with Gasteiger partial charge in [-0.05, 0) is 56.4 Å². The summed E-state index contributed by atoms with van der Waals surface area (Å²) in [5.74, 6) is 3.07. The topological polar surface area (TPSA) is 77.0 Å². The van der Waals surface area contributed by atoms with Crippen LogP contribution in [0.3, 0.4) is 0 Å². The molecular formula is C22H30N4O. The molecule has 0 amide bonds. The molecule has 2 unspecified atom stereocenters. The zero-order chi connectivity index (χ0) is 18.3. The second kappa shape index (κ2) is 7.02. The van der Waals surface area contributed by atoms with Crippen LogP contribution in [0.5, 0.6) is 0 Å². The average molecular weight is 367 g/mol. The Morgan fingerprint density at radius 3 is 2.63 bits per heavy atom. The Balaban J connectivity index is 1.14. The van der Waals surface area contributed by atoms with Gasteiger partial charge in [0.05, 0.1) is 0 Å². The summed E-state index contributed by atoms with van der Waals surface area (Å²) < 4.78 is 5.61. The third-order valence-electron chi connectivity index (χ3n) is 6.87. The molecule has 1 heterocycles. The quantitative estimate of drug-likeness (QED) is 0.786. The molecule has 3 aliphatic rings. The van der Waals surface area contributed by atoms with E-state index in [2.05, 4.69) is 40.8 Å². The van der Waals surface area contributed by atoms with Crippen LogP contribution < -0.4 is 11.1 Å². The molecule has 3 aliphatic carbocycles. The molecule has 5 heteroatoms. The Morgan fingerprint density at radius 1 is 1.11 bits per heavy atom. The maximum Gasteiger partial charge on any atom is 0.226 e. The fourth-order valence-electron chi connectivity index (χ4n) is 4.64. The van der Waals surface area contributed by atoms with E-state index >= 15 is 0 Å². The van der Waals surface area contributed by atoms with Crippen molar-refractivity contribution in [2.45, 2.75) is 74.8 Å². The van der Waals surface area contributed by atoms with Crippen molar-refractivity contribution in [2.24, 2.45) is 11.7 Å². The maximum absolute atomic E-state index is 6.01. The molecule has 0 radical (unpaired) electrons. The van der Waals surface area contributed by atoms with Gasteiger partial charge in [0.15, 0.2) is 5.82 Å². The van der Waals surface area contributed by atoms with Crippen LogP contribution in [0.15, 0.2) is 34.9 Å². The van der Waals surface area contributed by atoms with E-state index in [1.165, 1.54) is 37.7 Å². The third kappa shape index (κ3) is 3.81. The van der Waals surface area contributed by atoms with Gasteiger partial charge in [-0.3, -0.25) is 0 Å². The van der Waals surface area contributed by atoms with E-state index in [-0.39, 0.29) is 5.41 Å². The highest BCUT2D eigenvalue weighted by atomic mass is 16.5. The lowest BCUT2D eigenvalue weighted by Crippen LogP contribution is -2.30. The first kappa shape index (κ1) is 17.4. The average Bonchev–Trinajstić information content (AvgIpc) is 3.61. The molecule has 0 saturated heterocycles. The molecule has 1 aromatic heterocycles. The Kier molecular flexibility index (Phi) is 4.52. The predicted molar refractivity (Wildman–Crippen MR) is 104 cm³/mol. The molecule has 2 aromatic rings. The minimum Gasteiger partial charge on any atom is -0.339 e. The highest BCUT2D eigenvalue weighted by Crippen LogP contribution is 2.48. The van der Waals surface area contributed by atoms with Crippen LogP contribution >= 0.6 is 0 Å². The highest BCUT2D eigenvalue weighted by molar-refractivity contribution is 5.28. The van der Waals surface area contributed by atoms with E-state index < -0.39 is 0 Å². The van der Waals surface area contributed by atoms with Gasteiger partial charge in [-0.15, -0.1) is 0 Å². The van der Waals surface area contributed by atoms with Crippen LogP contribution in [0.25, 0.3) is 0 Å². The van der Waals surface area contributed by atoms with Crippen molar-refractivity contribution < 1.29 is 4.52 Å². The van der Waals surface area contributed by atoms with Crippen LogP contribution in [-0.2, 0) is 11.8 Å². The summed E-state index contributed by atoms with van der Waals surface area (Å²) in [4.78, 5) is 4.78. The SMILES string of the molecule is NC1CCC(Cc2nc(C3(CNC4CC4c4ccccc4)CC3)no2)CC1. The van der Waals surface area contributed by atoms with Gasteiger partial charge in [0, 0.05) is 36.4 Å². The number of hydrogen-bond acceptors (Lipinski definition) is 5. The first-order valence-corrected chi connectivity index (χ1v) is 10.6. The monoisotopic (exact) mass is 366 g/mol. The number of rotatable bonds is 7. The van der Waals surface area contributed by atoms with Crippen molar-refractivity contribution in [1.29, 1.82) is 0 Å². The Morgan fingerprint density at radius 2 is 1.89 bits per heavy atom. The van der Waals surface area contributed by atoms with E-state index in [9.17, 15) is 0 Å². The lowest BCUT2D eigenvalue weighted by atomic mass is 9.84. The molecule has 0 bridgehead atoms. The van der Waals surface area contributed by atoms with E-state index in [0.29, 0.717) is 23.9 Å². The van der Waals surface area contributed by atoms with Gasteiger partial charge in [0.2, 0.25) is 5.89 Å². The fourth-order valence-corrected chi connectivity index (χ4v) is 4.64. The molecule has 144 valence electrons. The number of benzene rings is 1. The van der Waals surface area contributed by atoms with Crippen molar-refractivity contribution in [1.82, 2.24) is 15.5 Å². The van der Waals surface area contributed by atoms with E-state index in [1.54, 1.807) is 0 Å². The van der Waals surface area contributed by atoms with Gasteiger partial charge in [-0.1, -0.05) is 35.5 Å². The smallest absolute Gasteiger partial charge is 0.226 e. The Labute approximate surface area is 161 Å². The van der Waals surface area contributed by atoms with Crippen molar-refractivity contribution in [3.05, 3.63) is 47.6 Å². The van der Waals surface area contributed by atoms with Crippen LogP contribution in [-0.4, -0.2) is 28.8 Å². The molecule has 3 N–H and O–H groups in total. The standard InChI is InChI=1S/C22H30N4O/c23-17-8-6-15(7-9-17)12-20-25-21(26-27-20)22(10-11-22)14-24-19-13-18(19)16-4-2-1-3-5-16/h1-5,15,17-19,24H,6-14,23H2. The van der Waals surface area contributed by atoms with Gasteiger partial charge < -0.3 is 15.6 Å². The van der Waals surface area contributed by atoms with Crippen molar-refractivity contribution >= 4 is 0 Å². The third-order valence-corrected chi connectivity index (χ3v) is 6.87. The minimum absolute atomic E-state index is 0.112. The number of hydrogen-bond donors (Lipinski definition) is 2. The molecule has 2 atom stereocenters. The highest BCUT2D eigenvalue weighted by Gasteiger charge is 2.50. The summed E-state index contributed by atoms with van der Waals surface area (Å²) in [7, 11) is 0. The second-order valence-corrected chi connectivity index (χ2v) is 9.02. The summed E-state index contributed by atoms with van der Waals surface area (Å²) in [6.45, 7) is 0.970. The fraction of sp³-hybridized carbons (Fsp3) is 0.636. The summed E-state index contributed by atoms with van der Waals surface area (Å²) >= 11 is 0. The maximum atomic E-state index is 6.01. The van der Waals surface area contributed by atoms with Crippen molar-refractivity contribution in [3.63, 3.8) is 0 Å². The first-order valence-electron chi connectivity index (χ1n) is 10.6. The lowest BCUT2D eigenvalue weighted by molar-refractivity contribution is 0.287. The van der Waals surface area contributed by atoms with Crippen LogP contribution in [0.4, 0.5) is 0 Å². The molecule has 5 nitrogen and oxygen atoms in total. The Hall–Kier alpha value is -1.72. The molecule has 0 spiro atoms. The normalized spacial score (nSPS) is 31.6. The van der Waals surface area contributed by atoms with Gasteiger partial charge in [-0.25, -0.2) is 0 Å². The minimum atomic E-state index is 0.112. The summed E-state index contributed by atoms with van der Waals surface area (Å²) in [5, 5.41) is 8.12. The van der Waals surface area contributed by atoms with E-state index in [4.69, 9.17) is 15.2 Å². The molecular weight excluding hydrogens is 336 g/mol. The number of nitrogens with two attached hydrogens (primary N) is 1. The number of nitrogens with one attached hydrogen (secondary N) is 1. The number of aromatic nitrogens is 2. The predicted octanol–water partition coefficient (Wildman–Crippen LogP) is 3.31. The molecule has 0 aliphatic heterocycles. The number of nitrogens with zero attached hydrogens (tertiary/aromatic N) is 2. The molecule has 3 fully saturated rings. The van der Waals surface area contributed by atoms with E-state index in [1.807, 2.05) is 0 Å². The summed E-state index contributed by atoms with van der Waals surface area (Å²) in [6.07, 6.45) is 9.12. The molecule has 1 aromatic carbocycles. The van der Waals surface area contributed by atoms with Gasteiger partial charge in [0.1, 0.15) is 0 Å². The second-order valence-electron chi connectivity index (χ2n) is 9.02. The van der Waals surface area contributed by atoms with Crippen LogP contribution in [0.2, 0.25) is 0 Å². The van der Waals surface area contributed by atoms with Crippen LogP contribution in [0, 0.1) is 5.92 Å². The van der Waals surface area contributed by atoms with E-state index in [0.717, 1.165) is 37.5 Å². The largest absolute Gasteiger partial charge is 0.339 e. The van der Waals surface area contributed by atoms with Gasteiger partial charge >= 0.3 is 0 Å². The first-order chi connectivity index (χ1) is 13.2. The molecule has 3 saturated carbocycles. The zero-order valence-corrected chi connectivity index (χ0v) is 15.9. The Bertz CT molecular complexity index is 762. The lowest BCUT2D eigenvalue weighted by Gasteiger charge is -2.24. The molecule has 27 heavy (non-hydrogen) atoms. The summed E-state index contributed by atoms with van der Waals surface area (Å²) in [6, 6.07) is 11.8. The van der Waals surface area contributed by atoms with Crippen molar-refractivity contribution in [3.8, 4) is 0 Å².